The van der Waals surface area contributed by atoms with E-state index in [0.717, 1.165) is 11.1 Å². The number of benzene rings is 2. The Balaban J connectivity index is 0.000000181. The van der Waals surface area contributed by atoms with E-state index >= 15 is 0 Å². The van der Waals surface area contributed by atoms with Crippen molar-refractivity contribution in [2.24, 2.45) is 0 Å². The summed E-state index contributed by atoms with van der Waals surface area (Å²) >= 11 is 0. The molecule has 4 nitrogen and oxygen atoms in total. The number of hydrogen-bond donors (Lipinski definition) is 2. The maximum atomic E-state index is 13.2. The van der Waals surface area contributed by atoms with Crippen LogP contribution in [0.1, 0.15) is 24.0 Å². The first-order chi connectivity index (χ1) is 14.9. The van der Waals surface area contributed by atoms with Crippen molar-refractivity contribution in [3.63, 3.8) is 0 Å². The normalized spacial score (nSPS) is 26.2. The molecule has 2 N–H and O–H groups in total. The average Bonchev–Trinajstić information content (AvgIpc) is 3.51. The molecule has 2 amide bonds. The lowest BCUT2D eigenvalue weighted by molar-refractivity contribution is -0.132. The monoisotopic (exact) mass is 458 g/mol. The fraction of sp³-hybridized carbons (Fsp3) is 0.364. The number of hydrogen-bond acceptors (Lipinski definition) is 2. The van der Waals surface area contributed by atoms with Crippen molar-refractivity contribution in [1.29, 1.82) is 0 Å². The molecule has 0 heterocycles. The molecule has 0 unspecified atom stereocenters. The van der Waals surface area contributed by atoms with Gasteiger partial charge in [0.15, 0.2) is 0 Å². The quantitative estimate of drug-likeness (QED) is 0.641. The highest BCUT2D eigenvalue weighted by atomic mass is 19.3. The van der Waals surface area contributed by atoms with E-state index in [2.05, 4.69) is 10.6 Å². The summed E-state index contributed by atoms with van der Waals surface area (Å²) in [5.74, 6) is -9.48. The van der Waals surface area contributed by atoms with E-state index < -0.39 is 47.8 Å². The topological polar surface area (TPSA) is 58.2 Å². The van der Waals surface area contributed by atoms with Gasteiger partial charge in [-0.25, -0.2) is 26.3 Å². The maximum absolute atomic E-state index is 13.2. The SMILES string of the molecule is O=C(NCc1ccccc1)[C@@]1(F)CC1(F)F.O=C(NCc1ccccc1)[C@]1(F)CC1(F)F. The van der Waals surface area contributed by atoms with Crippen LogP contribution in [0.5, 0.6) is 0 Å². The van der Waals surface area contributed by atoms with E-state index in [1.807, 2.05) is 0 Å². The average molecular weight is 458 g/mol. The van der Waals surface area contributed by atoms with Crippen molar-refractivity contribution in [2.45, 2.75) is 49.1 Å². The molecule has 0 radical (unpaired) electrons. The van der Waals surface area contributed by atoms with Gasteiger partial charge >= 0.3 is 0 Å². The summed E-state index contributed by atoms with van der Waals surface area (Å²) in [5, 5.41) is 4.33. The molecule has 2 aliphatic rings. The van der Waals surface area contributed by atoms with Crippen LogP contribution in [-0.2, 0) is 22.7 Å². The van der Waals surface area contributed by atoms with Gasteiger partial charge in [-0.1, -0.05) is 60.7 Å². The fourth-order valence-corrected chi connectivity index (χ4v) is 2.85. The molecule has 0 aromatic heterocycles. The molecule has 172 valence electrons. The minimum absolute atomic E-state index is 0.0570. The number of rotatable bonds is 6. The van der Waals surface area contributed by atoms with Crippen LogP contribution < -0.4 is 10.6 Å². The van der Waals surface area contributed by atoms with Gasteiger partial charge in [0.2, 0.25) is 0 Å². The second kappa shape index (κ2) is 8.48. The highest BCUT2D eigenvalue weighted by Gasteiger charge is 2.78. The van der Waals surface area contributed by atoms with Crippen LogP contribution in [0.2, 0.25) is 0 Å². The third kappa shape index (κ3) is 4.89. The number of alkyl halides is 6. The number of amides is 2. The van der Waals surface area contributed by atoms with E-state index in [4.69, 9.17) is 0 Å². The Morgan fingerprint density at radius 1 is 0.625 bits per heavy atom. The highest BCUT2D eigenvalue weighted by molar-refractivity contribution is 5.90. The molecule has 0 spiro atoms. The molecule has 10 heteroatoms. The van der Waals surface area contributed by atoms with Crippen molar-refractivity contribution in [1.82, 2.24) is 10.6 Å². The molecule has 0 bridgehead atoms. The Morgan fingerprint density at radius 2 is 0.906 bits per heavy atom. The molecule has 2 saturated carbocycles. The first kappa shape index (κ1) is 23.6. The molecule has 32 heavy (non-hydrogen) atoms. The second-order valence-electron chi connectivity index (χ2n) is 7.70. The van der Waals surface area contributed by atoms with Crippen LogP contribution in [-0.4, -0.2) is 35.0 Å². The lowest BCUT2D eigenvalue weighted by Crippen LogP contribution is -2.36. The van der Waals surface area contributed by atoms with Gasteiger partial charge in [0.05, 0.1) is 12.8 Å². The van der Waals surface area contributed by atoms with Crippen LogP contribution in [0.3, 0.4) is 0 Å². The van der Waals surface area contributed by atoms with Crippen LogP contribution in [0, 0.1) is 0 Å². The lowest BCUT2D eigenvalue weighted by atomic mass is 10.2. The van der Waals surface area contributed by atoms with Crippen molar-refractivity contribution < 1.29 is 35.9 Å². The standard InChI is InChI=1S/2C11H10F3NO/c2*12-10(7-11(10,13)14)9(16)15-6-8-4-2-1-3-5-8/h2*1-5H,6-7H2,(H,15,16)/t2*10-/m10/s1. The Kier molecular flexibility index (Phi) is 6.26. The lowest BCUT2D eigenvalue weighted by Gasteiger charge is -2.08. The van der Waals surface area contributed by atoms with E-state index in [1.165, 1.54) is 0 Å². The van der Waals surface area contributed by atoms with Crippen molar-refractivity contribution in [3.8, 4) is 0 Å². The van der Waals surface area contributed by atoms with Gasteiger partial charge in [-0.2, -0.15) is 0 Å². The molecule has 4 rings (SSSR count). The molecule has 2 fully saturated rings. The molecule has 0 saturated heterocycles. The van der Waals surface area contributed by atoms with Crippen LogP contribution in [0.4, 0.5) is 26.3 Å². The first-order valence-corrected chi connectivity index (χ1v) is 9.69. The van der Waals surface area contributed by atoms with Gasteiger partial charge < -0.3 is 10.6 Å². The number of carbonyl (C=O) groups is 2. The number of nitrogens with one attached hydrogen (secondary N) is 2. The summed E-state index contributed by atoms with van der Waals surface area (Å²) in [6.45, 7) is 0.114. The molecule has 2 aliphatic carbocycles. The van der Waals surface area contributed by atoms with Crippen molar-refractivity contribution in [2.75, 3.05) is 0 Å². The molecule has 2 aromatic carbocycles. The minimum Gasteiger partial charge on any atom is -0.349 e. The van der Waals surface area contributed by atoms with Gasteiger partial charge in [-0.3, -0.25) is 9.59 Å². The smallest absolute Gasteiger partial charge is 0.294 e. The zero-order valence-electron chi connectivity index (χ0n) is 16.7. The Labute approximate surface area is 180 Å². The van der Waals surface area contributed by atoms with E-state index in [0.29, 0.717) is 0 Å². The van der Waals surface area contributed by atoms with E-state index in [-0.39, 0.29) is 13.1 Å². The Morgan fingerprint density at radius 3 is 1.16 bits per heavy atom. The van der Waals surface area contributed by atoms with Crippen LogP contribution in [0.25, 0.3) is 0 Å². The second-order valence-corrected chi connectivity index (χ2v) is 7.70. The van der Waals surface area contributed by atoms with Crippen molar-refractivity contribution in [3.05, 3.63) is 71.8 Å². The Bertz CT molecular complexity index is 893. The van der Waals surface area contributed by atoms with Crippen LogP contribution in [0.15, 0.2) is 60.7 Å². The summed E-state index contributed by atoms with van der Waals surface area (Å²) < 4.78 is 76.5. The maximum Gasteiger partial charge on any atom is 0.294 e. The van der Waals surface area contributed by atoms with Crippen LogP contribution >= 0.6 is 0 Å². The molecule has 2 atom stereocenters. The van der Waals surface area contributed by atoms with Gasteiger partial charge in [-0.15, -0.1) is 0 Å². The Hall–Kier alpha value is -3.04. The third-order valence-corrected chi connectivity index (χ3v) is 5.15. The van der Waals surface area contributed by atoms with Gasteiger partial charge in [0.25, 0.3) is 35.0 Å². The zero-order chi connectivity index (χ0) is 23.6. The van der Waals surface area contributed by atoms with E-state index in [1.54, 1.807) is 60.7 Å². The predicted octanol–water partition coefficient (Wildman–Crippen LogP) is 4.10. The fourth-order valence-electron chi connectivity index (χ4n) is 2.85. The number of carbonyl (C=O) groups excluding carboxylic acids is 2. The molecule has 2 aromatic rings. The largest absolute Gasteiger partial charge is 0.349 e. The summed E-state index contributed by atoms with van der Waals surface area (Å²) in [6.07, 6.45) is -2.03. The molecule has 0 aliphatic heterocycles. The van der Waals surface area contributed by atoms with E-state index in [9.17, 15) is 35.9 Å². The summed E-state index contributed by atoms with van der Waals surface area (Å²) in [5.41, 5.74) is -4.52. The van der Waals surface area contributed by atoms with Gasteiger partial charge in [0, 0.05) is 13.1 Å². The summed E-state index contributed by atoms with van der Waals surface area (Å²) in [6, 6.07) is 17.4. The predicted molar refractivity (Wildman–Crippen MR) is 103 cm³/mol. The third-order valence-electron chi connectivity index (χ3n) is 5.15. The highest BCUT2D eigenvalue weighted by Crippen LogP contribution is 2.56. The number of halogens is 6. The molecular formula is C22H20F6N2O2. The van der Waals surface area contributed by atoms with Crippen molar-refractivity contribution >= 4 is 11.8 Å². The molecular weight excluding hydrogens is 438 g/mol. The van der Waals surface area contributed by atoms with Gasteiger partial charge in [-0.05, 0) is 11.1 Å². The first-order valence-electron chi connectivity index (χ1n) is 9.69. The zero-order valence-corrected chi connectivity index (χ0v) is 16.7. The minimum atomic E-state index is -3.51. The summed E-state index contributed by atoms with van der Waals surface area (Å²) in [7, 11) is 0. The van der Waals surface area contributed by atoms with Gasteiger partial charge in [0.1, 0.15) is 0 Å². The summed E-state index contributed by atoms with van der Waals surface area (Å²) in [4.78, 5) is 22.3.